The van der Waals surface area contributed by atoms with E-state index in [1.54, 1.807) is 24.3 Å². The number of nitrogens with one attached hydrogen (secondary N) is 2. The summed E-state index contributed by atoms with van der Waals surface area (Å²) in [4.78, 5) is 36.6. The number of benzene rings is 2. The van der Waals surface area contributed by atoms with Crippen LogP contribution in [0.5, 0.6) is 5.75 Å². The largest absolute Gasteiger partial charge is 0.494 e. The van der Waals surface area contributed by atoms with Gasteiger partial charge in [-0.1, -0.05) is 6.07 Å². The summed E-state index contributed by atoms with van der Waals surface area (Å²) in [5.74, 6) is -2.95. The van der Waals surface area contributed by atoms with Crippen LogP contribution in [0.1, 0.15) is 41.7 Å². The van der Waals surface area contributed by atoms with Gasteiger partial charge >= 0.3 is 0 Å². The number of amides is 2. The molecule has 2 rings (SSSR count). The molecule has 0 aliphatic carbocycles. The van der Waals surface area contributed by atoms with Crippen molar-refractivity contribution >= 4 is 17.6 Å². The summed E-state index contributed by atoms with van der Waals surface area (Å²) in [6.45, 7) is 2.36. The Hall–Kier alpha value is -3.29. The molecule has 0 radical (unpaired) electrons. The molecule has 0 spiro atoms. The Morgan fingerprint density at radius 2 is 1.69 bits per heavy atom. The van der Waals surface area contributed by atoms with E-state index in [0.29, 0.717) is 17.9 Å². The van der Waals surface area contributed by atoms with Gasteiger partial charge in [0.15, 0.2) is 17.4 Å². The Morgan fingerprint density at radius 3 is 2.28 bits per heavy atom. The van der Waals surface area contributed by atoms with Gasteiger partial charge in [0.05, 0.1) is 6.61 Å². The van der Waals surface area contributed by atoms with Gasteiger partial charge in [0, 0.05) is 25.5 Å². The summed E-state index contributed by atoms with van der Waals surface area (Å²) in [5, 5.41) is 4.81. The van der Waals surface area contributed by atoms with Crippen LogP contribution in [-0.4, -0.2) is 31.3 Å². The molecule has 0 aromatic heterocycles. The van der Waals surface area contributed by atoms with Gasteiger partial charge in [-0.2, -0.15) is 0 Å². The number of carbonyl (C=O) groups excluding carboxylic acids is 3. The predicted octanol–water partition coefficient (Wildman–Crippen LogP) is 2.93. The zero-order valence-corrected chi connectivity index (χ0v) is 16.1. The average molecular weight is 404 g/mol. The Labute approximate surface area is 167 Å². The number of ether oxygens (including phenoxy) is 1. The van der Waals surface area contributed by atoms with E-state index >= 15 is 0 Å². The lowest BCUT2D eigenvalue weighted by Gasteiger charge is -2.18. The van der Waals surface area contributed by atoms with Gasteiger partial charge in [0.25, 0.3) is 0 Å². The van der Waals surface area contributed by atoms with E-state index in [9.17, 15) is 23.2 Å². The van der Waals surface area contributed by atoms with Crippen LogP contribution in [0.25, 0.3) is 0 Å². The third-order valence-corrected chi connectivity index (χ3v) is 4.16. The molecular formula is C21H22F2N2O4. The molecule has 0 aliphatic rings. The molecule has 29 heavy (non-hydrogen) atoms. The molecule has 154 valence electrons. The topological polar surface area (TPSA) is 84.5 Å². The highest BCUT2D eigenvalue weighted by atomic mass is 19.2. The molecule has 8 heteroatoms. The monoisotopic (exact) mass is 404 g/mol. The third-order valence-electron chi connectivity index (χ3n) is 4.16. The first-order valence-corrected chi connectivity index (χ1v) is 9.07. The quantitative estimate of drug-likeness (QED) is 0.630. The molecule has 1 unspecified atom stereocenters. The van der Waals surface area contributed by atoms with Crippen molar-refractivity contribution in [2.45, 2.75) is 25.8 Å². The first kappa shape index (κ1) is 22.0. The maximum absolute atomic E-state index is 13.5. The van der Waals surface area contributed by atoms with Crippen molar-refractivity contribution in [1.29, 1.82) is 0 Å². The molecule has 1 atom stereocenters. The summed E-state index contributed by atoms with van der Waals surface area (Å²) in [7, 11) is 1.36. The molecule has 0 aliphatic heterocycles. The summed E-state index contributed by atoms with van der Waals surface area (Å²) >= 11 is 0. The highest BCUT2D eigenvalue weighted by Crippen LogP contribution is 2.18. The molecule has 0 heterocycles. The summed E-state index contributed by atoms with van der Waals surface area (Å²) in [5.41, 5.74) is 0.527. The van der Waals surface area contributed by atoms with E-state index in [0.717, 1.165) is 12.1 Å². The van der Waals surface area contributed by atoms with Gasteiger partial charge in [-0.15, -0.1) is 0 Å². The number of carbonyl (C=O) groups is 3. The summed E-state index contributed by atoms with van der Waals surface area (Å²) in [6.07, 6.45) is -0.235. The number of hydrogen-bond donors (Lipinski definition) is 2. The minimum Gasteiger partial charge on any atom is -0.494 e. The van der Waals surface area contributed by atoms with E-state index in [2.05, 4.69) is 10.6 Å². The number of likely N-dealkylation sites (N-methyl/N-ethyl adjacent to an activating group) is 1. The first-order valence-electron chi connectivity index (χ1n) is 9.07. The van der Waals surface area contributed by atoms with Crippen molar-refractivity contribution in [3.8, 4) is 5.75 Å². The molecule has 2 N–H and O–H groups in total. The minimum atomic E-state index is -1.21. The van der Waals surface area contributed by atoms with Crippen LogP contribution < -0.4 is 15.4 Å². The van der Waals surface area contributed by atoms with Crippen LogP contribution >= 0.6 is 0 Å². The third kappa shape index (κ3) is 6.10. The van der Waals surface area contributed by atoms with Crippen LogP contribution in [0.4, 0.5) is 8.78 Å². The second kappa shape index (κ2) is 10.3. The fourth-order valence-electron chi connectivity index (χ4n) is 2.64. The lowest BCUT2D eigenvalue weighted by molar-refractivity contribution is -0.128. The lowest BCUT2D eigenvalue weighted by atomic mass is 10.0. The molecule has 0 saturated carbocycles. The fraction of sp³-hybridized carbons (Fsp3) is 0.286. The molecule has 2 amide bonds. The van der Waals surface area contributed by atoms with Crippen LogP contribution in [0.2, 0.25) is 0 Å². The maximum atomic E-state index is 13.5. The zero-order valence-electron chi connectivity index (χ0n) is 16.1. The Morgan fingerprint density at radius 1 is 1.00 bits per heavy atom. The number of halogens is 2. The van der Waals surface area contributed by atoms with E-state index in [-0.39, 0.29) is 24.2 Å². The van der Waals surface area contributed by atoms with E-state index in [1.807, 2.05) is 6.92 Å². The standard InChI is InChI=1S/C21H22F2N2O4/c1-3-29-15-7-4-13(5-8-15)18(26)10-11-19(27)25-20(21(28)24-2)14-6-9-16(22)17(23)12-14/h4-9,12,20H,3,10-11H2,1-2H3,(H,24,28)(H,25,27). The van der Waals surface area contributed by atoms with Crippen molar-refractivity contribution in [2.75, 3.05) is 13.7 Å². The van der Waals surface area contributed by atoms with Crippen molar-refractivity contribution in [3.63, 3.8) is 0 Å². The van der Waals surface area contributed by atoms with E-state index in [1.165, 1.54) is 13.1 Å². The number of Topliss-reactive ketones (excluding diaryl/α,β-unsaturated/α-hetero) is 1. The second-order valence-corrected chi connectivity index (χ2v) is 6.17. The van der Waals surface area contributed by atoms with Gasteiger partial charge in [-0.3, -0.25) is 14.4 Å². The Balaban J connectivity index is 1.99. The molecular weight excluding hydrogens is 382 g/mol. The summed E-state index contributed by atoms with van der Waals surface area (Å²) in [6, 6.07) is 8.29. The zero-order chi connectivity index (χ0) is 21.4. The van der Waals surface area contributed by atoms with Gasteiger partial charge in [-0.05, 0) is 48.9 Å². The Kier molecular flexibility index (Phi) is 7.82. The second-order valence-electron chi connectivity index (χ2n) is 6.17. The van der Waals surface area contributed by atoms with Crippen LogP contribution in [-0.2, 0) is 9.59 Å². The highest BCUT2D eigenvalue weighted by molar-refractivity contribution is 5.98. The average Bonchev–Trinajstić information content (AvgIpc) is 2.72. The van der Waals surface area contributed by atoms with Crippen molar-refractivity contribution in [3.05, 3.63) is 65.2 Å². The van der Waals surface area contributed by atoms with Crippen molar-refractivity contribution in [2.24, 2.45) is 0 Å². The summed E-state index contributed by atoms with van der Waals surface area (Å²) < 4.78 is 31.9. The normalized spacial score (nSPS) is 11.4. The fourth-order valence-corrected chi connectivity index (χ4v) is 2.64. The van der Waals surface area contributed by atoms with E-state index in [4.69, 9.17) is 4.74 Å². The SMILES string of the molecule is CCOc1ccc(C(=O)CCC(=O)NC(C(=O)NC)c2ccc(F)c(F)c2)cc1. The van der Waals surface area contributed by atoms with Crippen molar-refractivity contribution < 1.29 is 27.9 Å². The van der Waals surface area contributed by atoms with Crippen molar-refractivity contribution in [1.82, 2.24) is 10.6 Å². The molecule has 2 aromatic rings. The van der Waals surface area contributed by atoms with Gasteiger partial charge in [0.1, 0.15) is 11.8 Å². The smallest absolute Gasteiger partial charge is 0.246 e. The molecule has 0 fully saturated rings. The molecule has 6 nitrogen and oxygen atoms in total. The van der Waals surface area contributed by atoms with Crippen LogP contribution in [0.15, 0.2) is 42.5 Å². The number of ketones is 1. The van der Waals surface area contributed by atoms with Crippen LogP contribution in [0, 0.1) is 11.6 Å². The maximum Gasteiger partial charge on any atom is 0.246 e. The number of rotatable bonds is 9. The molecule has 2 aromatic carbocycles. The Bertz CT molecular complexity index is 885. The minimum absolute atomic E-state index is 0.0714. The number of hydrogen-bond acceptors (Lipinski definition) is 4. The molecule has 0 saturated heterocycles. The van der Waals surface area contributed by atoms with Gasteiger partial charge in [0.2, 0.25) is 11.8 Å². The predicted molar refractivity (Wildman–Crippen MR) is 102 cm³/mol. The van der Waals surface area contributed by atoms with Gasteiger partial charge < -0.3 is 15.4 Å². The van der Waals surface area contributed by atoms with Crippen LogP contribution in [0.3, 0.4) is 0 Å². The first-order chi connectivity index (χ1) is 13.8. The molecule has 0 bridgehead atoms. The van der Waals surface area contributed by atoms with E-state index < -0.39 is 29.5 Å². The highest BCUT2D eigenvalue weighted by Gasteiger charge is 2.23. The lowest BCUT2D eigenvalue weighted by Crippen LogP contribution is -2.39. The van der Waals surface area contributed by atoms with Gasteiger partial charge in [-0.25, -0.2) is 8.78 Å².